The van der Waals surface area contributed by atoms with Crippen molar-refractivity contribution in [3.05, 3.63) is 67.7 Å². The summed E-state index contributed by atoms with van der Waals surface area (Å²) in [4.78, 5) is 41.7. The van der Waals surface area contributed by atoms with Gasteiger partial charge >= 0.3 is 5.97 Å². The Balaban J connectivity index is 1.97. The molecular formula is C20H17Cl2N3O5. The first-order chi connectivity index (χ1) is 14.3. The Hall–Kier alpha value is -2.97. The summed E-state index contributed by atoms with van der Waals surface area (Å²) in [5.74, 6) is -1.14. The van der Waals surface area contributed by atoms with Gasteiger partial charge in [-0.25, -0.2) is 4.79 Å². The van der Waals surface area contributed by atoms with E-state index in [4.69, 9.17) is 28.0 Å². The second-order valence-corrected chi connectivity index (χ2v) is 7.44. The maximum Gasteiger partial charge on any atom is 0.335 e. The SMILES string of the molecule is CCCCC(=O)ON=C1C(=O)N(Cc2ccc(Cl)cc2Cl)c2ccc([N+](=O)[O-])cc21. The lowest BCUT2D eigenvalue weighted by molar-refractivity contribution is -0.384. The van der Waals surface area contributed by atoms with Crippen LogP contribution in [0.25, 0.3) is 0 Å². The summed E-state index contributed by atoms with van der Waals surface area (Å²) in [6, 6.07) is 8.86. The number of unbranched alkanes of at least 4 members (excludes halogenated alkanes) is 1. The number of anilines is 1. The van der Waals surface area contributed by atoms with E-state index in [2.05, 4.69) is 5.16 Å². The maximum atomic E-state index is 13.0. The Bertz CT molecular complexity index is 1050. The Labute approximate surface area is 182 Å². The Morgan fingerprint density at radius 2 is 2.00 bits per heavy atom. The highest BCUT2D eigenvalue weighted by atomic mass is 35.5. The van der Waals surface area contributed by atoms with Gasteiger partial charge in [0.1, 0.15) is 0 Å². The van der Waals surface area contributed by atoms with Crippen LogP contribution in [0, 0.1) is 10.1 Å². The van der Waals surface area contributed by atoms with Crippen LogP contribution in [0.5, 0.6) is 0 Å². The van der Waals surface area contributed by atoms with Crippen molar-refractivity contribution in [3.8, 4) is 0 Å². The minimum absolute atomic E-state index is 0.0858. The van der Waals surface area contributed by atoms with Gasteiger partial charge in [-0.1, -0.05) is 47.8 Å². The van der Waals surface area contributed by atoms with E-state index in [1.807, 2.05) is 6.92 Å². The van der Waals surface area contributed by atoms with Crippen molar-refractivity contribution in [2.24, 2.45) is 5.16 Å². The molecule has 0 atom stereocenters. The number of halogens is 2. The van der Waals surface area contributed by atoms with E-state index in [-0.39, 0.29) is 29.9 Å². The fourth-order valence-electron chi connectivity index (χ4n) is 2.94. The molecule has 2 aromatic rings. The molecule has 0 spiro atoms. The summed E-state index contributed by atoms with van der Waals surface area (Å²) in [6.45, 7) is 2.01. The molecular weight excluding hydrogens is 433 g/mol. The molecule has 0 aromatic heterocycles. The number of benzene rings is 2. The molecule has 1 aliphatic heterocycles. The molecule has 0 bridgehead atoms. The summed E-state index contributed by atoms with van der Waals surface area (Å²) < 4.78 is 0. The Kier molecular flexibility index (Phi) is 6.69. The third kappa shape index (κ3) is 4.60. The van der Waals surface area contributed by atoms with Crippen LogP contribution in [0.15, 0.2) is 41.6 Å². The van der Waals surface area contributed by atoms with E-state index < -0.39 is 16.8 Å². The quantitative estimate of drug-likeness (QED) is 0.340. The molecule has 30 heavy (non-hydrogen) atoms. The van der Waals surface area contributed by atoms with Crippen molar-refractivity contribution < 1.29 is 19.3 Å². The average molecular weight is 450 g/mol. The largest absolute Gasteiger partial charge is 0.335 e. The lowest BCUT2D eigenvalue weighted by Gasteiger charge is -2.17. The monoisotopic (exact) mass is 449 g/mol. The molecule has 3 rings (SSSR count). The number of oxime groups is 1. The van der Waals surface area contributed by atoms with Crippen LogP contribution in [0.4, 0.5) is 11.4 Å². The zero-order chi connectivity index (χ0) is 21.8. The molecule has 0 saturated carbocycles. The zero-order valence-electron chi connectivity index (χ0n) is 15.9. The average Bonchev–Trinajstić information content (AvgIpc) is 2.97. The van der Waals surface area contributed by atoms with Crippen LogP contribution in [-0.4, -0.2) is 22.5 Å². The van der Waals surface area contributed by atoms with Crippen molar-refractivity contribution in [2.75, 3.05) is 4.90 Å². The van der Waals surface area contributed by atoms with Crippen molar-refractivity contribution in [2.45, 2.75) is 32.7 Å². The molecule has 1 heterocycles. The minimum atomic E-state index is -0.580. The number of amides is 1. The van der Waals surface area contributed by atoms with Crippen LogP contribution in [0.3, 0.4) is 0 Å². The van der Waals surface area contributed by atoms with Gasteiger partial charge in [0.2, 0.25) is 0 Å². The number of nitro benzene ring substituents is 1. The molecule has 0 radical (unpaired) electrons. The first-order valence-electron chi connectivity index (χ1n) is 9.14. The highest BCUT2D eigenvalue weighted by Gasteiger charge is 2.36. The smallest absolute Gasteiger partial charge is 0.317 e. The predicted octanol–water partition coefficient (Wildman–Crippen LogP) is 4.89. The summed E-state index contributed by atoms with van der Waals surface area (Å²) in [5, 5.41) is 15.7. The van der Waals surface area contributed by atoms with E-state index in [0.717, 1.165) is 6.42 Å². The van der Waals surface area contributed by atoms with E-state index in [1.54, 1.807) is 18.2 Å². The molecule has 0 aliphatic carbocycles. The van der Waals surface area contributed by atoms with E-state index >= 15 is 0 Å². The second kappa shape index (κ2) is 9.23. The van der Waals surface area contributed by atoms with Gasteiger partial charge in [-0.05, 0) is 30.2 Å². The third-order valence-corrected chi connectivity index (χ3v) is 5.09. The number of carbonyl (C=O) groups is 2. The van der Waals surface area contributed by atoms with Crippen LogP contribution in [0.2, 0.25) is 10.0 Å². The van der Waals surface area contributed by atoms with Crippen molar-refractivity contribution in [1.29, 1.82) is 0 Å². The van der Waals surface area contributed by atoms with Gasteiger partial charge in [-0.3, -0.25) is 14.9 Å². The molecule has 2 aromatic carbocycles. The molecule has 8 nitrogen and oxygen atoms in total. The van der Waals surface area contributed by atoms with E-state index in [0.29, 0.717) is 27.7 Å². The van der Waals surface area contributed by atoms with Gasteiger partial charge in [-0.15, -0.1) is 0 Å². The highest BCUT2D eigenvalue weighted by molar-refractivity contribution is 6.54. The topological polar surface area (TPSA) is 102 Å². The minimum Gasteiger partial charge on any atom is -0.317 e. The lowest BCUT2D eigenvalue weighted by atomic mass is 10.1. The molecule has 10 heteroatoms. The molecule has 0 saturated heterocycles. The standard InChI is InChI=1S/C20H17Cl2N3O5/c1-2-3-4-18(26)30-23-19-15-10-14(25(28)29)7-8-17(15)24(20(19)27)11-12-5-6-13(21)9-16(12)22/h5-10H,2-4,11H2,1H3. The molecule has 0 unspecified atom stereocenters. The predicted molar refractivity (Wildman–Crippen MR) is 113 cm³/mol. The second-order valence-electron chi connectivity index (χ2n) is 6.59. The van der Waals surface area contributed by atoms with Gasteiger partial charge in [0.25, 0.3) is 11.6 Å². The third-order valence-electron chi connectivity index (χ3n) is 4.50. The number of hydrogen-bond acceptors (Lipinski definition) is 6. The van der Waals surface area contributed by atoms with Gasteiger partial charge in [0, 0.05) is 34.2 Å². The normalized spacial score (nSPS) is 14.2. The summed E-state index contributed by atoms with van der Waals surface area (Å²) in [5.41, 5.74) is 0.851. The molecule has 1 amide bonds. The van der Waals surface area contributed by atoms with E-state index in [9.17, 15) is 19.7 Å². The number of rotatable bonds is 7. The van der Waals surface area contributed by atoms with Gasteiger partial charge in [0.05, 0.1) is 17.2 Å². The van der Waals surface area contributed by atoms with Crippen LogP contribution < -0.4 is 4.90 Å². The number of nitrogens with zero attached hydrogens (tertiary/aromatic N) is 3. The summed E-state index contributed by atoms with van der Waals surface area (Å²) in [6.07, 6.45) is 1.59. The fourth-order valence-corrected chi connectivity index (χ4v) is 3.41. The summed E-state index contributed by atoms with van der Waals surface area (Å²) in [7, 11) is 0. The highest BCUT2D eigenvalue weighted by Crippen LogP contribution is 2.35. The van der Waals surface area contributed by atoms with Crippen molar-refractivity contribution in [3.63, 3.8) is 0 Å². The molecule has 1 aliphatic rings. The number of non-ortho nitro benzene ring substituents is 1. The van der Waals surface area contributed by atoms with E-state index in [1.165, 1.54) is 23.1 Å². The Morgan fingerprint density at radius 1 is 1.23 bits per heavy atom. The lowest BCUT2D eigenvalue weighted by Crippen LogP contribution is -2.30. The number of hydrogen-bond donors (Lipinski definition) is 0. The zero-order valence-corrected chi connectivity index (χ0v) is 17.4. The Morgan fingerprint density at radius 3 is 2.67 bits per heavy atom. The molecule has 156 valence electrons. The first kappa shape index (κ1) is 21.7. The number of nitro groups is 1. The van der Waals surface area contributed by atoms with Crippen LogP contribution in [0.1, 0.15) is 37.3 Å². The molecule has 0 fully saturated rings. The fraction of sp³-hybridized carbons (Fsp3) is 0.250. The first-order valence-corrected chi connectivity index (χ1v) is 9.89. The van der Waals surface area contributed by atoms with Gasteiger partial charge in [0.15, 0.2) is 5.71 Å². The molecule has 0 N–H and O–H groups in total. The van der Waals surface area contributed by atoms with Crippen molar-refractivity contribution in [1.82, 2.24) is 0 Å². The summed E-state index contributed by atoms with van der Waals surface area (Å²) >= 11 is 12.2. The van der Waals surface area contributed by atoms with Gasteiger partial charge in [-0.2, -0.15) is 0 Å². The number of fused-ring (bicyclic) bond motifs is 1. The van der Waals surface area contributed by atoms with Gasteiger partial charge < -0.3 is 9.74 Å². The number of carbonyl (C=O) groups excluding carboxylic acids is 2. The maximum absolute atomic E-state index is 13.0. The van der Waals surface area contributed by atoms with Crippen molar-refractivity contribution >= 4 is 52.2 Å². The van der Waals surface area contributed by atoms with Crippen LogP contribution in [-0.2, 0) is 21.0 Å². The van der Waals surface area contributed by atoms with Crippen LogP contribution >= 0.6 is 23.2 Å².